The zero-order valence-electron chi connectivity index (χ0n) is 23.0. The summed E-state index contributed by atoms with van der Waals surface area (Å²) in [6, 6.07) is 2.04. The van der Waals surface area contributed by atoms with E-state index < -0.39 is 0 Å². The van der Waals surface area contributed by atoms with E-state index in [2.05, 4.69) is 55.4 Å². The van der Waals surface area contributed by atoms with Crippen molar-refractivity contribution in [2.45, 2.75) is 53.2 Å². The van der Waals surface area contributed by atoms with Gasteiger partial charge in [0.15, 0.2) is 11.5 Å². The fourth-order valence-electron chi connectivity index (χ4n) is 3.88. The second-order valence-electron chi connectivity index (χ2n) is 9.49. The summed E-state index contributed by atoms with van der Waals surface area (Å²) in [5.41, 5.74) is 4.29. The van der Waals surface area contributed by atoms with Crippen LogP contribution in [-0.4, -0.2) is 70.8 Å². The third-order valence-corrected chi connectivity index (χ3v) is 6.75. The molecular formula is C26H38FN9OS. The van der Waals surface area contributed by atoms with E-state index in [9.17, 15) is 9.50 Å². The molecule has 4 heterocycles. The normalized spacial score (nSPS) is 11.6. The molecule has 10 nitrogen and oxygen atoms in total. The van der Waals surface area contributed by atoms with Gasteiger partial charge in [0, 0.05) is 43.1 Å². The van der Waals surface area contributed by atoms with Gasteiger partial charge in [0.25, 0.3) is 0 Å². The van der Waals surface area contributed by atoms with Crippen molar-refractivity contribution in [2.24, 2.45) is 0 Å². The van der Waals surface area contributed by atoms with E-state index in [-0.39, 0.29) is 24.5 Å². The van der Waals surface area contributed by atoms with Crippen LogP contribution in [0, 0.1) is 6.92 Å². The number of aliphatic hydroxyl groups excluding tert-OH is 1. The molecule has 0 spiro atoms. The molecule has 0 bridgehead atoms. The number of rotatable bonds is 11. The van der Waals surface area contributed by atoms with Crippen molar-refractivity contribution in [1.29, 1.82) is 0 Å². The number of halogens is 1. The van der Waals surface area contributed by atoms with Gasteiger partial charge in [-0.05, 0) is 58.9 Å². The Hall–Kier alpha value is -3.19. The standard InChI is InChI=1S/C22H30N8OS.C4H8FN/c1-6-28(22(4,5)14-31)13-17-8-19(32-27-17)26-20-21-23-10-18(30(21)11-15(3)25-20)16-9-24-29(7-2)12-16;1-4(5)3-6-2/h8-12,31H,6-7,13-14H2,1-5H3,(H,25,26);6H,1,3H2,2H3. The van der Waals surface area contributed by atoms with Crippen molar-refractivity contribution < 1.29 is 9.50 Å². The fraction of sp³-hybridized carbons (Fsp3) is 0.462. The van der Waals surface area contributed by atoms with Crippen molar-refractivity contribution in [1.82, 2.24) is 38.7 Å². The highest BCUT2D eigenvalue weighted by molar-refractivity contribution is 7.10. The van der Waals surface area contributed by atoms with Crippen molar-refractivity contribution in [3.8, 4) is 11.3 Å². The Morgan fingerprint density at radius 2 is 2.03 bits per heavy atom. The number of nitrogens with one attached hydrogen (secondary N) is 2. The number of hydrogen-bond donors (Lipinski definition) is 3. The van der Waals surface area contributed by atoms with Crippen molar-refractivity contribution in [3.63, 3.8) is 0 Å². The Labute approximate surface area is 227 Å². The van der Waals surface area contributed by atoms with Crippen molar-refractivity contribution in [2.75, 3.05) is 32.1 Å². The van der Waals surface area contributed by atoms with Crippen molar-refractivity contribution >= 4 is 28.0 Å². The quantitative estimate of drug-likeness (QED) is 0.255. The smallest absolute Gasteiger partial charge is 0.180 e. The van der Waals surface area contributed by atoms with E-state index in [1.165, 1.54) is 11.5 Å². The van der Waals surface area contributed by atoms with Crippen LogP contribution in [0.1, 0.15) is 39.1 Å². The molecule has 38 heavy (non-hydrogen) atoms. The highest BCUT2D eigenvalue weighted by Gasteiger charge is 2.25. The Morgan fingerprint density at radius 3 is 2.61 bits per heavy atom. The number of anilines is 2. The highest BCUT2D eigenvalue weighted by Crippen LogP contribution is 2.28. The predicted octanol–water partition coefficient (Wildman–Crippen LogP) is 4.40. The Morgan fingerprint density at radius 1 is 1.26 bits per heavy atom. The van der Waals surface area contributed by atoms with Gasteiger partial charge in [-0.1, -0.05) is 13.5 Å². The molecule has 0 radical (unpaired) electrons. The molecule has 12 heteroatoms. The number of fused-ring (bicyclic) bond motifs is 1. The summed E-state index contributed by atoms with van der Waals surface area (Å²) in [6.07, 6.45) is 7.72. The maximum atomic E-state index is 11.4. The Bertz CT molecular complexity index is 1340. The molecule has 4 aromatic heterocycles. The fourth-order valence-corrected chi connectivity index (χ4v) is 4.54. The van der Waals surface area contributed by atoms with E-state index in [1.54, 1.807) is 7.05 Å². The van der Waals surface area contributed by atoms with Crippen LogP contribution in [0.25, 0.3) is 16.9 Å². The van der Waals surface area contributed by atoms with Gasteiger partial charge in [-0.15, -0.1) is 0 Å². The lowest BCUT2D eigenvalue weighted by atomic mass is 10.0. The van der Waals surface area contributed by atoms with E-state index in [0.717, 1.165) is 46.4 Å². The first kappa shape index (κ1) is 29.4. The van der Waals surface area contributed by atoms with Gasteiger partial charge >= 0.3 is 0 Å². The average Bonchev–Trinajstić information content (AvgIpc) is 3.62. The molecule has 0 fully saturated rings. The Balaban J connectivity index is 0.000000599. The minimum atomic E-state index is -0.322. The maximum Gasteiger partial charge on any atom is 0.180 e. The summed E-state index contributed by atoms with van der Waals surface area (Å²) in [6.45, 7) is 15.9. The first-order valence-corrected chi connectivity index (χ1v) is 13.3. The minimum absolute atomic E-state index is 0.0979. The molecule has 0 saturated carbocycles. The summed E-state index contributed by atoms with van der Waals surface area (Å²) in [7, 11) is 1.67. The van der Waals surface area contributed by atoms with Crippen LogP contribution in [0.3, 0.4) is 0 Å². The van der Waals surface area contributed by atoms with E-state index in [0.29, 0.717) is 12.4 Å². The van der Waals surface area contributed by atoms with Gasteiger partial charge in [-0.25, -0.2) is 14.4 Å². The predicted molar refractivity (Wildman–Crippen MR) is 151 cm³/mol. The van der Waals surface area contributed by atoms with E-state index in [1.807, 2.05) is 60.7 Å². The van der Waals surface area contributed by atoms with Crippen molar-refractivity contribution in [3.05, 3.63) is 54.6 Å². The molecule has 0 saturated heterocycles. The molecule has 0 aromatic carbocycles. The molecule has 0 unspecified atom stereocenters. The van der Waals surface area contributed by atoms with Gasteiger partial charge in [0.1, 0.15) is 10.8 Å². The number of aryl methyl sites for hydroxylation is 2. The van der Waals surface area contributed by atoms with Crippen LogP contribution in [0.2, 0.25) is 0 Å². The lowest BCUT2D eigenvalue weighted by Crippen LogP contribution is -2.46. The van der Waals surface area contributed by atoms with Crippen LogP contribution in [0.15, 0.2) is 43.3 Å². The number of imidazole rings is 1. The summed E-state index contributed by atoms with van der Waals surface area (Å²) < 4.78 is 20.0. The first-order chi connectivity index (χ1) is 18.1. The number of aliphatic hydroxyl groups is 1. The van der Waals surface area contributed by atoms with E-state index >= 15 is 0 Å². The summed E-state index contributed by atoms with van der Waals surface area (Å²) in [4.78, 5) is 11.5. The van der Waals surface area contributed by atoms with Gasteiger partial charge in [0.2, 0.25) is 0 Å². The zero-order valence-corrected chi connectivity index (χ0v) is 23.8. The molecule has 3 N–H and O–H groups in total. The molecule has 206 valence electrons. The summed E-state index contributed by atoms with van der Waals surface area (Å²) in [5, 5.41) is 21.0. The van der Waals surface area contributed by atoms with Crippen LogP contribution >= 0.6 is 11.5 Å². The van der Waals surface area contributed by atoms with Crippen LogP contribution in [0.5, 0.6) is 0 Å². The largest absolute Gasteiger partial charge is 0.394 e. The second kappa shape index (κ2) is 13.1. The van der Waals surface area contributed by atoms with Gasteiger partial charge in [-0.2, -0.15) is 9.47 Å². The second-order valence-corrected chi connectivity index (χ2v) is 10.3. The first-order valence-electron chi connectivity index (χ1n) is 12.6. The minimum Gasteiger partial charge on any atom is -0.394 e. The molecule has 4 aromatic rings. The molecule has 0 aliphatic carbocycles. The van der Waals surface area contributed by atoms with Gasteiger partial charge in [0.05, 0.1) is 36.1 Å². The molecular weight excluding hydrogens is 505 g/mol. The monoisotopic (exact) mass is 543 g/mol. The number of likely N-dealkylation sites (N-methyl/N-ethyl adjacent to an activating group) is 2. The van der Waals surface area contributed by atoms with E-state index in [4.69, 9.17) is 0 Å². The summed E-state index contributed by atoms with van der Waals surface area (Å²) in [5.74, 6) is 0.370. The third kappa shape index (κ3) is 7.22. The van der Waals surface area contributed by atoms with Crippen LogP contribution < -0.4 is 10.6 Å². The lowest BCUT2D eigenvalue weighted by molar-refractivity contribution is 0.0544. The SMILES string of the molecule is C=C(F)CNC.CCN(Cc1cc(Nc2nc(C)cn3c(-c4cnn(CC)c4)cnc23)sn1)C(C)(C)CO. The topological polar surface area (TPSA) is 108 Å². The number of nitrogens with zero attached hydrogens (tertiary/aromatic N) is 7. The zero-order chi connectivity index (χ0) is 27.9. The van der Waals surface area contributed by atoms with Crippen LogP contribution in [0.4, 0.5) is 15.2 Å². The summed E-state index contributed by atoms with van der Waals surface area (Å²) >= 11 is 1.40. The molecule has 4 rings (SSSR count). The highest BCUT2D eigenvalue weighted by atomic mass is 32.1. The molecule has 0 amide bonds. The number of aromatic nitrogens is 6. The lowest BCUT2D eigenvalue weighted by Gasteiger charge is -2.35. The average molecular weight is 544 g/mol. The molecule has 0 atom stereocenters. The van der Waals surface area contributed by atoms with Crippen LogP contribution in [-0.2, 0) is 13.1 Å². The molecule has 0 aliphatic heterocycles. The third-order valence-electron chi connectivity index (χ3n) is 6.01. The van der Waals surface area contributed by atoms with Gasteiger partial charge in [-0.3, -0.25) is 14.0 Å². The molecule has 0 aliphatic rings. The Kier molecular flexibility index (Phi) is 10.1. The van der Waals surface area contributed by atoms with Gasteiger partial charge < -0.3 is 15.7 Å². The maximum absolute atomic E-state index is 11.4. The number of hydrogen-bond acceptors (Lipinski definition) is 9.